The summed E-state index contributed by atoms with van der Waals surface area (Å²) >= 11 is 0. The predicted molar refractivity (Wildman–Crippen MR) is 105 cm³/mol. The van der Waals surface area contributed by atoms with Crippen LogP contribution in [-0.4, -0.2) is 0 Å². The van der Waals surface area contributed by atoms with E-state index < -0.39 is 0 Å². The smallest absolute Gasteiger partial charge is 0.130 e. The summed E-state index contributed by atoms with van der Waals surface area (Å²) in [4.78, 5) is 0. The highest BCUT2D eigenvalue weighted by molar-refractivity contribution is 5.85. The van der Waals surface area contributed by atoms with E-state index >= 15 is 0 Å². The average molecular weight is 318 g/mol. The van der Waals surface area contributed by atoms with Gasteiger partial charge in [0.15, 0.2) is 0 Å². The molecule has 1 aliphatic rings. The lowest BCUT2D eigenvalue weighted by molar-refractivity contribution is 0.419. The Hall–Kier alpha value is -2.54. The van der Waals surface area contributed by atoms with Gasteiger partial charge in [0.2, 0.25) is 0 Å². The maximum atomic E-state index is 6.13. The number of hydrogen-bond acceptors (Lipinski definition) is 1. The highest BCUT2D eigenvalue weighted by atomic mass is 16.5. The number of ether oxygens (including phenoxy) is 1. The van der Waals surface area contributed by atoms with Gasteiger partial charge >= 0.3 is 0 Å². The van der Waals surface area contributed by atoms with Gasteiger partial charge in [-0.3, -0.25) is 0 Å². The Morgan fingerprint density at radius 3 is 2.58 bits per heavy atom. The van der Waals surface area contributed by atoms with Crippen LogP contribution in [0.1, 0.15) is 37.5 Å². The topological polar surface area (TPSA) is 9.23 Å². The van der Waals surface area contributed by atoms with Crippen LogP contribution in [0.5, 0.6) is 5.75 Å². The summed E-state index contributed by atoms with van der Waals surface area (Å²) in [5.74, 6) is 1.82. The summed E-state index contributed by atoms with van der Waals surface area (Å²) in [5.41, 5.74) is 7.45. The van der Waals surface area contributed by atoms with Gasteiger partial charge in [0.1, 0.15) is 11.5 Å². The molecule has 0 atom stereocenters. The number of rotatable bonds is 6. The van der Waals surface area contributed by atoms with Crippen molar-refractivity contribution < 1.29 is 4.74 Å². The Balaban J connectivity index is 2.38. The first-order valence-corrected chi connectivity index (χ1v) is 8.29. The van der Waals surface area contributed by atoms with Crippen LogP contribution in [-0.2, 0) is 6.42 Å². The van der Waals surface area contributed by atoms with Gasteiger partial charge in [0.25, 0.3) is 0 Å². The molecule has 0 radical (unpaired) electrons. The fourth-order valence-electron chi connectivity index (χ4n) is 2.95. The number of fused-ring (bicyclic) bond motifs is 1. The maximum absolute atomic E-state index is 6.13. The van der Waals surface area contributed by atoms with Crippen molar-refractivity contribution in [2.45, 2.75) is 34.1 Å². The molecular weight excluding hydrogens is 292 g/mol. The zero-order valence-corrected chi connectivity index (χ0v) is 15.1. The van der Waals surface area contributed by atoms with Gasteiger partial charge in [-0.1, -0.05) is 55.7 Å². The van der Waals surface area contributed by atoms with E-state index in [1.165, 1.54) is 27.8 Å². The van der Waals surface area contributed by atoms with Crippen molar-refractivity contribution in [2.75, 3.05) is 0 Å². The fourth-order valence-corrected chi connectivity index (χ4v) is 2.95. The molecule has 1 aromatic rings. The van der Waals surface area contributed by atoms with E-state index in [9.17, 15) is 0 Å². The summed E-state index contributed by atoms with van der Waals surface area (Å²) < 4.78 is 6.13. The first-order valence-electron chi connectivity index (χ1n) is 8.29. The highest BCUT2D eigenvalue weighted by Crippen LogP contribution is 2.39. The van der Waals surface area contributed by atoms with Crippen molar-refractivity contribution in [1.82, 2.24) is 0 Å². The number of hydrogen-bond donors (Lipinski definition) is 0. The summed E-state index contributed by atoms with van der Waals surface area (Å²) in [6.45, 7) is 15.9. The zero-order valence-electron chi connectivity index (χ0n) is 15.1. The van der Waals surface area contributed by atoms with E-state index in [-0.39, 0.29) is 0 Å². The molecule has 0 saturated carbocycles. The lowest BCUT2D eigenvalue weighted by atomic mass is 10.00. The molecule has 1 aromatic carbocycles. The van der Waals surface area contributed by atoms with Crippen LogP contribution in [0.25, 0.3) is 5.57 Å². The molecule has 1 heteroatoms. The molecule has 2 rings (SSSR count). The predicted octanol–water partition coefficient (Wildman–Crippen LogP) is 6.48. The Bertz CT molecular complexity index is 782. The van der Waals surface area contributed by atoms with Crippen molar-refractivity contribution in [1.29, 1.82) is 0 Å². The van der Waals surface area contributed by atoms with Crippen molar-refractivity contribution in [3.8, 4) is 5.75 Å². The highest BCUT2D eigenvalue weighted by Gasteiger charge is 2.21. The molecule has 1 aliphatic carbocycles. The minimum atomic E-state index is 0.903. The van der Waals surface area contributed by atoms with Crippen LogP contribution in [0.2, 0.25) is 0 Å². The Morgan fingerprint density at radius 2 is 1.96 bits per heavy atom. The van der Waals surface area contributed by atoms with Gasteiger partial charge in [0.05, 0.1) is 0 Å². The number of benzene rings is 1. The first kappa shape index (κ1) is 17.8. The van der Waals surface area contributed by atoms with E-state index in [4.69, 9.17) is 4.74 Å². The molecule has 1 nitrogen and oxygen atoms in total. The van der Waals surface area contributed by atoms with E-state index in [2.05, 4.69) is 44.4 Å². The monoisotopic (exact) mass is 318 g/mol. The summed E-state index contributed by atoms with van der Waals surface area (Å²) in [7, 11) is 0. The van der Waals surface area contributed by atoms with Crippen LogP contribution in [0.15, 0.2) is 78.7 Å². The normalized spacial score (nSPS) is 15.0. The molecule has 0 spiro atoms. The van der Waals surface area contributed by atoms with Gasteiger partial charge in [0, 0.05) is 0 Å². The van der Waals surface area contributed by atoms with Gasteiger partial charge in [-0.05, 0) is 73.6 Å². The second-order valence-electron chi connectivity index (χ2n) is 5.97. The molecule has 0 aliphatic heterocycles. The molecule has 124 valence electrons. The van der Waals surface area contributed by atoms with Crippen LogP contribution >= 0.6 is 0 Å². The molecule has 24 heavy (non-hydrogen) atoms. The van der Waals surface area contributed by atoms with Gasteiger partial charge in [-0.2, -0.15) is 0 Å². The summed E-state index contributed by atoms with van der Waals surface area (Å²) in [5, 5.41) is 0. The average Bonchev–Trinajstić information content (AvgIpc) is 2.93. The largest absolute Gasteiger partial charge is 0.461 e. The van der Waals surface area contributed by atoms with Gasteiger partial charge in [-0.15, -0.1) is 0 Å². The van der Waals surface area contributed by atoms with Crippen LogP contribution < -0.4 is 4.74 Å². The minimum Gasteiger partial charge on any atom is -0.461 e. The molecule has 0 unspecified atom stereocenters. The third kappa shape index (κ3) is 3.51. The van der Waals surface area contributed by atoms with Gasteiger partial charge in [-0.25, -0.2) is 0 Å². The van der Waals surface area contributed by atoms with E-state index in [0.717, 1.165) is 23.5 Å². The molecule has 0 aromatic heterocycles. The van der Waals surface area contributed by atoms with Crippen LogP contribution in [0, 0.1) is 6.92 Å². The molecule has 0 N–H and O–H groups in total. The standard InChI is InChI=1S/C23H26O/c1-7-10-12-16(4)18(6)24-23-14-13-21-20(9-3)19(11-8-2)15-22(21)17(23)5/h7-14H,1,3,15H2,2,4-6H3/b11-8-,12-10-,18-16+. The number of allylic oxidation sites excluding steroid dienone is 10. The molecule has 0 heterocycles. The molecule has 0 fully saturated rings. The molecule has 0 amide bonds. The lowest BCUT2D eigenvalue weighted by Gasteiger charge is -2.14. The lowest BCUT2D eigenvalue weighted by Crippen LogP contribution is -1.99. The third-order valence-electron chi connectivity index (χ3n) is 4.42. The van der Waals surface area contributed by atoms with Crippen molar-refractivity contribution in [3.63, 3.8) is 0 Å². The minimum absolute atomic E-state index is 0.903. The maximum Gasteiger partial charge on any atom is 0.130 e. The van der Waals surface area contributed by atoms with Gasteiger partial charge < -0.3 is 4.74 Å². The van der Waals surface area contributed by atoms with Crippen molar-refractivity contribution in [3.05, 3.63) is 95.3 Å². The molecular formula is C23H26O. The summed E-state index contributed by atoms with van der Waals surface area (Å²) in [6, 6.07) is 4.21. The Kier molecular flexibility index (Phi) is 5.81. The van der Waals surface area contributed by atoms with E-state index in [0.29, 0.717) is 0 Å². The first-order chi connectivity index (χ1) is 11.5. The molecule has 0 bridgehead atoms. The van der Waals surface area contributed by atoms with Crippen molar-refractivity contribution in [2.24, 2.45) is 0 Å². The zero-order chi connectivity index (χ0) is 17.7. The van der Waals surface area contributed by atoms with E-state index in [1.54, 1.807) is 6.08 Å². The second kappa shape index (κ2) is 7.83. The quantitative estimate of drug-likeness (QED) is 0.431. The second-order valence-corrected chi connectivity index (χ2v) is 5.97. The van der Waals surface area contributed by atoms with Crippen LogP contribution in [0.3, 0.4) is 0 Å². The van der Waals surface area contributed by atoms with E-state index in [1.807, 2.05) is 39.0 Å². The SMILES string of the molecule is C=C/C=C\C(C)=C(/C)Oc1ccc2c(c1C)CC(/C=C\C)=C2C=C. The fraction of sp³-hybridized carbons (Fsp3) is 0.217. The summed E-state index contributed by atoms with van der Waals surface area (Å²) in [6.07, 6.45) is 12.8. The Morgan fingerprint density at radius 1 is 1.21 bits per heavy atom. The van der Waals surface area contributed by atoms with Crippen LogP contribution in [0.4, 0.5) is 0 Å². The molecule has 0 saturated heterocycles. The van der Waals surface area contributed by atoms with Crippen molar-refractivity contribution >= 4 is 5.57 Å². The third-order valence-corrected chi connectivity index (χ3v) is 4.42. The Labute approximate surface area is 146 Å².